The number of carbonyl (C=O) groups is 1. The highest BCUT2D eigenvalue weighted by atomic mass is 35.5. The van der Waals surface area contributed by atoms with E-state index in [0.29, 0.717) is 6.54 Å². The minimum Gasteiger partial charge on any atom is -0.336 e. The highest BCUT2D eigenvalue weighted by Crippen LogP contribution is 2.27. The molecule has 24 heavy (non-hydrogen) atoms. The Hall–Kier alpha value is -1.05. The predicted octanol–water partition coefficient (Wildman–Crippen LogP) is 3.55. The number of alkyl halides is 3. The van der Waals surface area contributed by atoms with E-state index in [-0.39, 0.29) is 42.3 Å². The first-order chi connectivity index (χ1) is 10.4. The van der Waals surface area contributed by atoms with Crippen LogP contribution in [0, 0.1) is 0 Å². The van der Waals surface area contributed by atoms with E-state index in [1.165, 1.54) is 6.07 Å². The van der Waals surface area contributed by atoms with Crippen LogP contribution >= 0.6 is 24.8 Å². The lowest BCUT2D eigenvalue weighted by molar-refractivity contribution is -0.141. The summed E-state index contributed by atoms with van der Waals surface area (Å²) in [4.78, 5) is 17.7. The molecule has 0 aliphatic carbocycles. The van der Waals surface area contributed by atoms with Crippen molar-refractivity contribution in [3.8, 4) is 0 Å². The van der Waals surface area contributed by atoms with Gasteiger partial charge in [0.25, 0.3) is 5.91 Å². The molecule has 0 atom stereocenters. The van der Waals surface area contributed by atoms with Gasteiger partial charge in [-0.2, -0.15) is 13.2 Å². The Labute approximate surface area is 152 Å². The molecule has 0 aromatic carbocycles. The summed E-state index contributed by atoms with van der Waals surface area (Å²) in [6, 6.07) is 2.21. The van der Waals surface area contributed by atoms with Crippen LogP contribution in [0.3, 0.4) is 0 Å². The first-order valence-corrected chi connectivity index (χ1v) is 7.48. The van der Waals surface area contributed by atoms with Crippen molar-refractivity contribution in [1.29, 1.82) is 0 Å². The molecule has 1 aliphatic rings. The van der Waals surface area contributed by atoms with Gasteiger partial charge in [0.15, 0.2) is 0 Å². The zero-order valence-electron chi connectivity index (χ0n) is 13.3. The first-order valence-electron chi connectivity index (χ1n) is 7.48. The molecule has 1 saturated heterocycles. The molecule has 1 N–H and O–H groups in total. The lowest BCUT2D eigenvalue weighted by Gasteiger charge is -2.34. The van der Waals surface area contributed by atoms with Gasteiger partial charge in [0.1, 0.15) is 5.69 Å². The Bertz CT molecular complexity index is 506. The lowest BCUT2D eigenvalue weighted by Crippen LogP contribution is -2.46. The zero-order valence-corrected chi connectivity index (χ0v) is 14.9. The number of hydrogen-bond donors (Lipinski definition) is 1. The molecule has 1 aliphatic heterocycles. The number of pyridine rings is 1. The summed E-state index contributed by atoms with van der Waals surface area (Å²) < 4.78 is 37.6. The van der Waals surface area contributed by atoms with Crippen LogP contribution in [0.1, 0.15) is 42.2 Å². The SMILES string of the molecule is CCCN(C(=O)c1ccc(C(F)(F)F)nc1)C1CCNCC1.Cl.Cl. The van der Waals surface area contributed by atoms with Crippen LogP contribution in [-0.2, 0) is 6.18 Å². The van der Waals surface area contributed by atoms with Crippen molar-refractivity contribution in [1.82, 2.24) is 15.2 Å². The van der Waals surface area contributed by atoms with Gasteiger partial charge < -0.3 is 10.2 Å². The van der Waals surface area contributed by atoms with E-state index < -0.39 is 11.9 Å². The average molecular weight is 388 g/mol. The molecular formula is C15H22Cl2F3N3O. The van der Waals surface area contributed by atoms with E-state index >= 15 is 0 Å². The molecule has 0 radical (unpaired) electrons. The summed E-state index contributed by atoms with van der Waals surface area (Å²) in [6.07, 6.45) is -0.933. The maximum Gasteiger partial charge on any atom is 0.433 e. The van der Waals surface area contributed by atoms with E-state index in [4.69, 9.17) is 0 Å². The quantitative estimate of drug-likeness (QED) is 0.858. The van der Waals surface area contributed by atoms with Gasteiger partial charge in [-0.1, -0.05) is 6.92 Å². The van der Waals surface area contributed by atoms with Gasteiger partial charge in [-0.25, -0.2) is 0 Å². The maximum absolute atomic E-state index is 12.6. The number of piperidine rings is 1. The molecule has 2 rings (SSSR count). The molecule has 0 bridgehead atoms. The molecular weight excluding hydrogens is 366 g/mol. The number of aromatic nitrogens is 1. The van der Waals surface area contributed by atoms with E-state index in [0.717, 1.165) is 44.6 Å². The van der Waals surface area contributed by atoms with Crippen LogP contribution in [0.4, 0.5) is 13.2 Å². The third-order valence-electron chi connectivity index (χ3n) is 3.78. The third-order valence-corrected chi connectivity index (χ3v) is 3.78. The second-order valence-corrected chi connectivity index (χ2v) is 5.41. The predicted molar refractivity (Wildman–Crippen MR) is 91.0 cm³/mol. The van der Waals surface area contributed by atoms with Crippen molar-refractivity contribution >= 4 is 30.7 Å². The minimum atomic E-state index is -4.49. The fraction of sp³-hybridized carbons (Fsp3) is 0.600. The summed E-state index contributed by atoms with van der Waals surface area (Å²) in [5.41, 5.74) is -0.770. The number of carbonyl (C=O) groups excluding carboxylic acids is 1. The number of amides is 1. The smallest absolute Gasteiger partial charge is 0.336 e. The van der Waals surface area contributed by atoms with Gasteiger partial charge in [-0.05, 0) is 44.5 Å². The number of halogens is 5. The summed E-state index contributed by atoms with van der Waals surface area (Å²) in [7, 11) is 0. The maximum atomic E-state index is 12.6. The molecule has 1 aromatic heterocycles. The molecule has 0 unspecified atom stereocenters. The second-order valence-electron chi connectivity index (χ2n) is 5.41. The Kier molecular flexibility index (Phi) is 9.62. The summed E-state index contributed by atoms with van der Waals surface area (Å²) in [5.74, 6) is -0.241. The van der Waals surface area contributed by atoms with Crippen LogP contribution < -0.4 is 5.32 Å². The number of hydrogen-bond acceptors (Lipinski definition) is 3. The Morgan fingerprint density at radius 2 is 1.92 bits per heavy atom. The van der Waals surface area contributed by atoms with Crippen LogP contribution in [0.2, 0.25) is 0 Å². The van der Waals surface area contributed by atoms with E-state index in [9.17, 15) is 18.0 Å². The van der Waals surface area contributed by atoms with E-state index in [1.807, 2.05) is 6.92 Å². The second kappa shape index (κ2) is 10.1. The Morgan fingerprint density at radius 1 is 1.29 bits per heavy atom. The molecule has 0 saturated carbocycles. The number of rotatable bonds is 4. The molecule has 138 valence electrons. The average Bonchev–Trinajstić information content (AvgIpc) is 2.52. The Balaban J connectivity index is 0.00000264. The largest absolute Gasteiger partial charge is 0.433 e. The fourth-order valence-electron chi connectivity index (χ4n) is 2.66. The number of nitrogens with one attached hydrogen (secondary N) is 1. The molecule has 2 heterocycles. The van der Waals surface area contributed by atoms with Crippen molar-refractivity contribution in [2.45, 2.75) is 38.4 Å². The Morgan fingerprint density at radius 3 is 2.38 bits per heavy atom. The standard InChI is InChI=1S/C15H20F3N3O.2ClH/c1-2-9-21(12-5-7-19-8-6-12)14(22)11-3-4-13(20-10-11)15(16,17)18;;/h3-4,10,12,19H,2,5-9H2,1H3;2*1H. The zero-order chi connectivity index (χ0) is 16.2. The van der Waals surface area contributed by atoms with Gasteiger partial charge in [0.05, 0.1) is 5.56 Å². The van der Waals surface area contributed by atoms with Gasteiger partial charge in [0.2, 0.25) is 0 Å². The van der Waals surface area contributed by atoms with Crippen molar-refractivity contribution in [3.05, 3.63) is 29.6 Å². The lowest BCUT2D eigenvalue weighted by atomic mass is 10.0. The molecule has 1 fully saturated rings. The van der Waals surface area contributed by atoms with Crippen LogP contribution in [0.15, 0.2) is 18.3 Å². The van der Waals surface area contributed by atoms with Gasteiger partial charge >= 0.3 is 6.18 Å². The first kappa shape index (κ1) is 22.9. The van der Waals surface area contributed by atoms with E-state index in [1.54, 1.807) is 4.90 Å². The van der Waals surface area contributed by atoms with Crippen LogP contribution in [0.5, 0.6) is 0 Å². The van der Waals surface area contributed by atoms with Gasteiger partial charge in [-0.3, -0.25) is 9.78 Å². The highest BCUT2D eigenvalue weighted by molar-refractivity contribution is 5.94. The van der Waals surface area contributed by atoms with E-state index in [2.05, 4.69) is 10.3 Å². The molecule has 1 amide bonds. The minimum absolute atomic E-state index is 0. The topological polar surface area (TPSA) is 45.2 Å². The monoisotopic (exact) mass is 387 g/mol. The molecule has 4 nitrogen and oxygen atoms in total. The van der Waals surface area contributed by atoms with Crippen molar-refractivity contribution in [3.63, 3.8) is 0 Å². The summed E-state index contributed by atoms with van der Waals surface area (Å²) in [5, 5.41) is 3.24. The third kappa shape index (κ3) is 5.79. The van der Waals surface area contributed by atoms with Crippen molar-refractivity contribution in [2.75, 3.05) is 19.6 Å². The van der Waals surface area contributed by atoms with Crippen LogP contribution in [0.25, 0.3) is 0 Å². The summed E-state index contributed by atoms with van der Waals surface area (Å²) in [6.45, 7) is 4.28. The van der Waals surface area contributed by atoms with Crippen LogP contribution in [-0.4, -0.2) is 41.5 Å². The van der Waals surface area contributed by atoms with Crippen molar-refractivity contribution in [2.24, 2.45) is 0 Å². The molecule has 9 heteroatoms. The molecule has 1 aromatic rings. The van der Waals surface area contributed by atoms with Gasteiger partial charge in [-0.15, -0.1) is 24.8 Å². The summed E-state index contributed by atoms with van der Waals surface area (Å²) >= 11 is 0. The fourth-order valence-corrected chi connectivity index (χ4v) is 2.66. The molecule has 0 spiro atoms. The number of nitrogens with zero attached hydrogens (tertiary/aromatic N) is 2. The van der Waals surface area contributed by atoms with Crippen molar-refractivity contribution < 1.29 is 18.0 Å². The normalized spacial score (nSPS) is 15.2. The van der Waals surface area contributed by atoms with Gasteiger partial charge in [0, 0.05) is 18.8 Å². The highest BCUT2D eigenvalue weighted by Gasteiger charge is 2.33.